The van der Waals surface area contributed by atoms with Gasteiger partial charge in [-0.05, 0) is 50.3 Å². The van der Waals surface area contributed by atoms with Crippen molar-refractivity contribution >= 4 is 5.96 Å². The second-order valence-electron chi connectivity index (χ2n) is 5.79. The van der Waals surface area contributed by atoms with Crippen LogP contribution in [0.3, 0.4) is 0 Å². The second kappa shape index (κ2) is 8.65. The first-order chi connectivity index (χ1) is 10.3. The molecule has 4 nitrogen and oxygen atoms in total. The number of hydrogen-bond donors (Lipinski definition) is 2. The molecular formula is C17H28N4. The fourth-order valence-corrected chi connectivity index (χ4v) is 2.83. The van der Waals surface area contributed by atoms with Crippen LogP contribution in [0.15, 0.2) is 23.5 Å². The average molecular weight is 288 g/mol. The van der Waals surface area contributed by atoms with Crippen molar-refractivity contribution in [1.29, 1.82) is 0 Å². The minimum absolute atomic E-state index is 0.596. The lowest BCUT2D eigenvalue weighted by molar-refractivity contribution is 0.410. The molecule has 0 aliphatic heterocycles. The maximum absolute atomic E-state index is 4.72. The summed E-state index contributed by atoms with van der Waals surface area (Å²) in [6.45, 7) is 5.95. The highest BCUT2D eigenvalue weighted by Gasteiger charge is 2.14. The standard InChI is InChI=1S/C17H28N4/c1-3-19-17(21-16-7-5-4-6-8-16)20-12-10-15-9-11-18-13-14(15)2/h9,11,13,16H,3-8,10,12H2,1-2H3,(H2,19,20,21). The number of nitrogens with zero attached hydrogens (tertiary/aromatic N) is 2. The zero-order valence-electron chi connectivity index (χ0n) is 13.4. The van der Waals surface area contributed by atoms with Crippen molar-refractivity contribution in [3.05, 3.63) is 29.6 Å². The normalized spacial score (nSPS) is 16.8. The minimum atomic E-state index is 0.596. The van der Waals surface area contributed by atoms with Crippen molar-refractivity contribution in [3.8, 4) is 0 Å². The van der Waals surface area contributed by atoms with Gasteiger partial charge in [0.05, 0.1) is 0 Å². The van der Waals surface area contributed by atoms with E-state index < -0.39 is 0 Å². The minimum Gasteiger partial charge on any atom is -0.357 e. The lowest BCUT2D eigenvalue weighted by Gasteiger charge is -2.24. The molecule has 1 fully saturated rings. The van der Waals surface area contributed by atoms with Gasteiger partial charge in [-0.15, -0.1) is 0 Å². The molecule has 21 heavy (non-hydrogen) atoms. The number of aromatic nitrogens is 1. The van der Waals surface area contributed by atoms with Gasteiger partial charge in [0, 0.05) is 31.5 Å². The summed E-state index contributed by atoms with van der Waals surface area (Å²) in [5.74, 6) is 0.969. The van der Waals surface area contributed by atoms with E-state index in [-0.39, 0.29) is 0 Å². The molecule has 0 spiro atoms. The first-order valence-electron chi connectivity index (χ1n) is 8.24. The topological polar surface area (TPSA) is 49.3 Å². The summed E-state index contributed by atoms with van der Waals surface area (Å²) >= 11 is 0. The zero-order chi connectivity index (χ0) is 14.9. The van der Waals surface area contributed by atoms with Crippen molar-refractivity contribution in [3.63, 3.8) is 0 Å². The smallest absolute Gasteiger partial charge is 0.191 e. The lowest BCUT2D eigenvalue weighted by Crippen LogP contribution is -2.44. The molecule has 0 radical (unpaired) electrons. The van der Waals surface area contributed by atoms with E-state index in [9.17, 15) is 0 Å². The van der Waals surface area contributed by atoms with Crippen molar-refractivity contribution < 1.29 is 0 Å². The molecule has 0 aromatic carbocycles. The molecule has 0 amide bonds. The molecule has 1 heterocycles. The summed E-state index contributed by atoms with van der Waals surface area (Å²) in [6, 6.07) is 2.69. The molecule has 116 valence electrons. The van der Waals surface area contributed by atoms with Crippen molar-refractivity contribution in [2.75, 3.05) is 13.1 Å². The van der Waals surface area contributed by atoms with Crippen LogP contribution in [-0.4, -0.2) is 30.1 Å². The van der Waals surface area contributed by atoms with Gasteiger partial charge >= 0.3 is 0 Å². The first kappa shape index (κ1) is 15.8. The van der Waals surface area contributed by atoms with Crippen LogP contribution in [0.2, 0.25) is 0 Å². The van der Waals surface area contributed by atoms with Crippen LogP contribution in [0.1, 0.15) is 50.2 Å². The largest absolute Gasteiger partial charge is 0.357 e. The van der Waals surface area contributed by atoms with Crippen LogP contribution >= 0.6 is 0 Å². The highest BCUT2D eigenvalue weighted by atomic mass is 15.2. The van der Waals surface area contributed by atoms with Gasteiger partial charge in [-0.2, -0.15) is 0 Å². The maximum atomic E-state index is 4.72. The third kappa shape index (κ3) is 5.37. The van der Waals surface area contributed by atoms with Gasteiger partial charge in [0.2, 0.25) is 0 Å². The van der Waals surface area contributed by atoms with Crippen LogP contribution in [-0.2, 0) is 6.42 Å². The molecule has 1 aliphatic carbocycles. The molecule has 1 saturated carbocycles. The summed E-state index contributed by atoms with van der Waals surface area (Å²) in [5.41, 5.74) is 2.58. The van der Waals surface area contributed by atoms with E-state index in [4.69, 9.17) is 4.99 Å². The monoisotopic (exact) mass is 288 g/mol. The van der Waals surface area contributed by atoms with Crippen molar-refractivity contribution in [1.82, 2.24) is 15.6 Å². The highest BCUT2D eigenvalue weighted by molar-refractivity contribution is 5.80. The molecule has 0 saturated heterocycles. The zero-order valence-corrected chi connectivity index (χ0v) is 13.4. The maximum Gasteiger partial charge on any atom is 0.191 e. The summed E-state index contributed by atoms with van der Waals surface area (Å²) in [6.07, 6.45) is 11.4. The van der Waals surface area contributed by atoms with Crippen LogP contribution < -0.4 is 10.6 Å². The molecule has 2 rings (SSSR count). The molecule has 1 aliphatic rings. The molecule has 0 atom stereocenters. The molecule has 0 unspecified atom stereocenters. The summed E-state index contributed by atoms with van der Waals surface area (Å²) in [4.78, 5) is 8.85. The predicted octanol–water partition coefficient (Wildman–Crippen LogP) is 2.82. The fourth-order valence-electron chi connectivity index (χ4n) is 2.83. The molecule has 4 heteroatoms. The molecule has 1 aromatic rings. The number of pyridine rings is 1. The van der Waals surface area contributed by atoms with Crippen LogP contribution in [0.5, 0.6) is 0 Å². The second-order valence-corrected chi connectivity index (χ2v) is 5.79. The van der Waals surface area contributed by atoms with Gasteiger partial charge in [0.1, 0.15) is 0 Å². The molecular weight excluding hydrogens is 260 g/mol. The van der Waals surface area contributed by atoms with Crippen LogP contribution in [0.25, 0.3) is 0 Å². The van der Waals surface area contributed by atoms with Gasteiger partial charge < -0.3 is 10.6 Å². The number of guanidine groups is 1. The highest BCUT2D eigenvalue weighted by Crippen LogP contribution is 2.17. The van der Waals surface area contributed by atoms with Gasteiger partial charge in [-0.25, -0.2) is 0 Å². The number of aliphatic imine (C=N–C) groups is 1. The Morgan fingerprint density at radius 2 is 2.14 bits per heavy atom. The quantitative estimate of drug-likeness (QED) is 0.647. The number of nitrogens with one attached hydrogen (secondary N) is 2. The van der Waals surface area contributed by atoms with Gasteiger partial charge in [-0.3, -0.25) is 9.98 Å². The van der Waals surface area contributed by atoms with Crippen LogP contribution in [0, 0.1) is 6.92 Å². The molecule has 2 N–H and O–H groups in total. The predicted molar refractivity (Wildman–Crippen MR) is 88.7 cm³/mol. The Morgan fingerprint density at radius 3 is 2.86 bits per heavy atom. The van der Waals surface area contributed by atoms with Gasteiger partial charge in [-0.1, -0.05) is 19.3 Å². The Bertz CT molecular complexity index is 450. The van der Waals surface area contributed by atoms with E-state index in [0.29, 0.717) is 6.04 Å². The van der Waals surface area contributed by atoms with Crippen molar-refractivity contribution in [2.45, 2.75) is 58.4 Å². The van der Waals surface area contributed by atoms with E-state index in [2.05, 4.69) is 35.5 Å². The Balaban J connectivity index is 1.86. The fraction of sp³-hybridized carbons (Fsp3) is 0.647. The van der Waals surface area contributed by atoms with Crippen LogP contribution in [0.4, 0.5) is 0 Å². The Labute approximate surface area is 128 Å². The van der Waals surface area contributed by atoms with Gasteiger partial charge in [0.15, 0.2) is 5.96 Å². The van der Waals surface area contributed by atoms with E-state index in [1.165, 1.54) is 43.2 Å². The Hall–Kier alpha value is -1.58. The van der Waals surface area contributed by atoms with Crippen molar-refractivity contribution in [2.24, 2.45) is 4.99 Å². The molecule has 0 bridgehead atoms. The first-order valence-corrected chi connectivity index (χ1v) is 8.24. The summed E-state index contributed by atoms with van der Waals surface area (Å²) in [5, 5.41) is 6.94. The molecule has 1 aromatic heterocycles. The van der Waals surface area contributed by atoms with E-state index in [1.807, 2.05) is 12.4 Å². The lowest BCUT2D eigenvalue weighted by atomic mass is 9.96. The summed E-state index contributed by atoms with van der Waals surface area (Å²) < 4.78 is 0. The average Bonchev–Trinajstić information content (AvgIpc) is 2.50. The summed E-state index contributed by atoms with van der Waals surface area (Å²) in [7, 11) is 0. The van der Waals surface area contributed by atoms with E-state index >= 15 is 0 Å². The SMILES string of the molecule is CCNC(=NCCc1ccncc1C)NC1CCCCC1. The van der Waals surface area contributed by atoms with Gasteiger partial charge in [0.25, 0.3) is 0 Å². The Morgan fingerprint density at radius 1 is 1.33 bits per heavy atom. The van der Waals surface area contributed by atoms with E-state index in [0.717, 1.165) is 25.5 Å². The number of hydrogen-bond acceptors (Lipinski definition) is 2. The third-order valence-electron chi connectivity index (χ3n) is 4.08. The Kier molecular flexibility index (Phi) is 6.51. The van der Waals surface area contributed by atoms with E-state index in [1.54, 1.807) is 0 Å². The number of rotatable bonds is 5. The third-order valence-corrected chi connectivity index (χ3v) is 4.08. The number of aryl methyl sites for hydroxylation is 1.